The number of hydrogen-bond donors (Lipinski definition) is 2. The average Bonchev–Trinajstić information content (AvgIpc) is 3.04. The van der Waals surface area contributed by atoms with E-state index in [4.69, 9.17) is 4.74 Å². The van der Waals surface area contributed by atoms with E-state index >= 15 is 0 Å². The topological polar surface area (TPSA) is 76.4 Å². The Bertz CT molecular complexity index is 625. The van der Waals surface area contributed by atoms with Gasteiger partial charge in [-0.2, -0.15) is 5.10 Å². The number of hydrogen-bond acceptors (Lipinski definition) is 4. The largest absolute Gasteiger partial charge is 0.488 e. The lowest BCUT2D eigenvalue weighted by molar-refractivity contribution is -0.116. The summed E-state index contributed by atoms with van der Waals surface area (Å²) in [5, 5.41) is 16.7. The number of amides is 1. The van der Waals surface area contributed by atoms with Gasteiger partial charge in [0.25, 0.3) is 0 Å². The van der Waals surface area contributed by atoms with Crippen molar-refractivity contribution < 1.29 is 14.6 Å². The van der Waals surface area contributed by atoms with Crippen molar-refractivity contribution in [2.45, 2.75) is 44.4 Å². The fourth-order valence-corrected chi connectivity index (χ4v) is 2.75. The van der Waals surface area contributed by atoms with Crippen LogP contribution < -0.4 is 10.1 Å². The van der Waals surface area contributed by atoms with E-state index in [1.54, 1.807) is 35.3 Å². The number of aliphatic hydroxyl groups is 1. The average molecular weight is 315 g/mol. The van der Waals surface area contributed by atoms with Gasteiger partial charge in [0.2, 0.25) is 5.91 Å². The molecule has 1 aromatic carbocycles. The molecule has 1 fully saturated rings. The third-order valence-corrected chi connectivity index (χ3v) is 3.96. The van der Waals surface area contributed by atoms with E-state index in [1.165, 1.54) is 0 Å². The van der Waals surface area contributed by atoms with Crippen molar-refractivity contribution in [1.29, 1.82) is 0 Å². The Kier molecular flexibility index (Phi) is 4.92. The zero-order valence-electron chi connectivity index (χ0n) is 12.9. The van der Waals surface area contributed by atoms with E-state index in [1.807, 2.05) is 12.1 Å². The SMILES string of the molecule is O=C(Cn1cccn1)Nc1ccc(O[C@@H]2CCCC[C@H]2O)cc1. The molecule has 1 aliphatic rings. The van der Waals surface area contributed by atoms with Crippen LogP contribution in [0.15, 0.2) is 42.7 Å². The molecule has 0 bridgehead atoms. The van der Waals surface area contributed by atoms with Crippen LogP contribution in [0, 0.1) is 0 Å². The van der Waals surface area contributed by atoms with Crippen LogP contribution in [0.5, 0.6) is 5.75 Å². The highest BCUT2D eigenvalue weighted by molar-refractivity contribution is 5.90. The van der Waals surface area contributed by atoms with Gasteiger partial charge in [-0.3, -0.25) is 9.48 Å². The number of carbonyl (C=O) groups excluding carboxylic acids is 1. The number of aliphatic hydroxyl groups excluding tert-OH is 1. The van der Waals surface area contributed by atoms with Gasteiger partial charge in [0.15, 0.2) is 0 Å². The zero-order valence-corrected chi connectivity index (χ0v) is 12.9. The van der Waals surface area contributed by atoms with Crippen molar-refractivity contribution in [1.82, 2.24) is 9.78 Å². The monoisotopic (exact) mass is 315 g/mol. The van der Waals surface area contributed by atoms with Gasteiger partial charge in [0.1, 0.15) is 18.4 Å². The summed E-state index contributed by atoms with van der Waals surface area (Å²) in [6.07, 6.45) is 6.67. The molecule has 1 amide bonds. The normalized spacial score (nSPS) is 20.9. The van der Waals surface area contributed by atoms with E-state index in [9.17, 15) is 9.90 Å². The van der Waals surface area contributed by atoms with Gasteiger partial charge in [-0.15, -0.1) is 0 Å². The summed E-state index contributed by atoms with van der Waals surface area (Å²) in [7, 11) is 0. The molecule has 2 atom stereocenters. The van der Waals surface area contributed by atoms with Crippen molar-refractivity contribution in [2.75, 3.05) is 5.32 Å². The molecule has 0 saturated heterocycles. The van der Waals surface area contributed by atoms with Gasteiger partial charge >= 0.3 is 0 Å². The first-order valence-electron chi connectivity index (χ1n) is 7.93. The summed E-state index contributed by atoms with van der Waals surface area (Å²) >= 11 is 0. The third kappa shape index (κ3) is 4.32. The highest BCUT2D eigenvalue weighted by Crippen LogP contribution is 2.24. The summed E-state index contributed by atoms with van der Waals surface area (Å²) in [4.78, 5) is 11.9. The van der Waals surface area contributed by atoms with E-state index < -0.39 is 6.10 Å². The first-order chi connectivity index (χ1) is 11.2. The molecule has 0 radical (unpaired) electrons. The van der Waals surface area contributed by atoms with Crippen LogP contribution in [0.4, 0.5) is 5.69 Å². The highest BCUT2D eigenvalue weighted by atomic mass is 16.5. The van der Waals surface area contributed by atoms with E-state index in [0.717, 1.165) is 25.7 Å². The molecule has 3 rings (SSSR count). The second-order valence-corrected chi connectivity index (χ2v) is 5.78. The van der Waals surface area contributed by atoms with Gasteiger partial charge < -0.3 is 15.2 Å². The van der Waals surface area contributed by atoms with Crippen molar-refractivity contribution in [2.24, 2.45) is 0 Å². The fourth-order valence-electron chi connectivity index (χ4n) is 2.75. The summed E-state index contributed by atoms with van der Waals surface area (Å²) in [6, 6.07) is 8.99. The summed E-state index contributed by atoms with van der Waals surface area (Å²) in [6.45, 7) is 0.180. The van der Waals surface area contributed by atoms with Gasteiger partial charge in [-0.1, -0.05) is 6.42 Å². The first kappa shape index (κ1) is 15.6. The molecule has 2 aromatic rings. The van der Waals surface area contributed by atoms with Crippen molar-refractivity contribution in [3.8, 4) is 5.75 Å². The Morgan fingerprint density at radius 3 is 2.78 bits per heavy atom. The molecule has 0 aliphatic heterocycles. The smallest absolute Gasteiger partial charge is 0.246 e. The zero-order chi connectivity index (χ0) is 16.1. The molecule has 122 valence electrons. The van der Waals surface area contributed by atoms with Gasteiger partial charge in [0.05, 0.1) is 6.10 Å². The number of aromatic nitrogens is 2. The van der Waals surface area contributed by atoms with E-state index in [2.05, 4.69) is 10.4 Å². The maximum absolute atomic E-state index is 11.9. The Morgan fingerprint density at radius 1 is 1.30 bits per heavy atom. The molecule has 0 unspecified atom stereocenters. The predicted molar refractivity (Wildman–Crippen MR) is 86.2 cm³/mol. The summed E-state index contributed by atoms with van der Waals surface area (Å²) < 4.78 is 7.40. The number of nitrogens with one attached hydrogen (secondary N) is 1. The fraction of sp³-hybridized carbons (Fsp3) is 0.412. The molecule has 1 aliphatic carbocycles. The number of ether oxygens (including phenoxy) is 1. The highest BCUT2D eigenvalue weighted by Gasteiger charge is 2.24. The van der Waals surface area contributed by atoms with Crippen molar-refractivity contribution in [3.05, 3.63) is 42.7 Å². The number of nitrogens with zero attached hydrogens (tertiary/aromatic N) is 2. The molecule has 0 spiro atoms. The van der Waals surface area contributed by atoms with Crippen LogP contribution in [-0.2, 0) is 11.3 Å². The number of carbonyl (C=O) groups is 1. The molecule has 23 heavy (non-hydrogen) atoms. The minimum atomic E-state index is -0.391. The summed E-state index contributed by atoms with van der Waals surface area (Å²) in [5.74, 6) is 0.575. The van der Waals surface area contributed by atoms with Gasteiger partial charge in [-0.05, 0) is 49.6 Å². The minimum absolute atomic E-state index is 0.134. The third-order valence-electron chi connectivity index (χ3n) is 3.96. The maximum Gasteiger partial charge on any atom is 0.246 e. The van der Waals surface area contributed by atoms with Crippen molar-refractivity contribution in [3.63, 3.8) is 0 Å². The van der Waals surface area contributed by atoms with Crippen LogP contribution in [0.1, 0.15) is 25.7 Å². The molecular formula is C17H21N3O3. The Hall–Kier alpha value is -2.34. The van der Waals surface area contributed by atoms with Crippen molar-refractivity contribution >= 4 is 11.6 Å². The second-order valence-electron chi connectivity index (χ2n) is 5.78. The van der Waals surface area contributed by atoms with Crippen LogP contribution in [0.3, 0.4) is 0 Å². The molecule has 1 aromatic heterocycles. The Balaban J connectivity index is 1.53. The molecule has 1 heterocycles. The summed E-state index contributed by atoms with van der Waals surface area (Å²) in [5.41, 5.74) is 0.707. The van der Waals surface area contributed by atoms with E-state index in [0.29, 0.717) is 11.4 Å². The Morgan fingerprint density at radius 2 is 2.09 bits per heavy atom. The maximum atomic E-state index is 11.9. The molecule has 6 nitrogen and oxygen atoms in total. The van der Waals surface area contributed by atoms with Gasteiger partial charge in [0, 0.05) is 18.1 Å². The molecular weight excluding hydrogens is 294 g/mol. The second kappa shape index (κ2) is 7.28. The van der Waals surface area contributed by atoms with Crippen LogP contribution in [0.2, 0.25) is 0 Å². The number of anilines is 1. The molecule has 1 saturated carbocycles. The van der Waals surface area contributed by atoms with E-state index in [-0.39, 0.29) is 18.6 Å². The lowest BCUT2D eigenvalue weighted by Gasteiger charge is -2.28. The van der Waals surface area contributed by atoms with Crippen LogP contribution >= 0.6 is 0 Å². The van der Waals surface area contributed by atoms with Gasteiger partial charge in [-0.25, -0.2) is 0 Å². The number of benzene rings is 1. The quantitative estimate of drug-likeness (QED) is 0.887. The lowest BCUT2D eigenvalue weighted by Crippen LogP contribution is -2.34. The standard InChI is InChI=1S/C17H21N3O3/c21-15-4-1-2-5-16(15)23-14-8-6-13(7-9-14)19-17(22)12-20-11-3-10-18-20/h3,6-11,15-16,21H,1-2,4-5,12H2,(H,19,22)/t15-,16-/m1/s1. The Labute approximate surface area is 135 Å². The predicted octanol–water partition coefficient (Wildman–Crippen LogP) is 2.20. The molecule has 2 N–H and O–H groups in total. The molecule has 6 heteroatoms. The lowest BCUT2D eigenvalue weighted by atomic mass is 9.95. The minimum Gasteiger partial charge on any atom is -0.488 e. The van der Waals surface area contributed by atoms with Crippen LogP contribution in [0.25, 0.3) is 0 Å². The number of rotatable bonds is 5. The van der Waals surface area contributed by atoms with Crippen LogP contribution in [-0.4, -0.2) is 33.0 Å². The first-order valence-corrected chi connectivity index (χ1v) is 7.93.